The molecule has 1 amide bonds. The van der Waals surface area contributed by atoms with Gasteiger partial charge in [-0.2, -0.15) is 0 Å². The van der Waals surface area contributed by atoms with E-state index in [1.165, 1.54) is 19.3 Å². The number of benzene rings is 1. The van der Waals surface area contributed by atoms with Crippen LogP contribution in [-0.4, -0.2) is 23.5 Å². The molecule has 132 valence electrons. The average molecular weight is 378 g/mol. The first-order valence-corrected chi connectivity index (χ1v) is 9.32. The predicted octanol–water partition coefficient (Wildman–Crippen LogP) is 5.41. The van der Waals surface area contributed by atoms with Gasteiger partial charge in [0.15, 0.2) is 0 Å². The fourth-order valence-electron chi connectivity index (χ4n) is 3.27. The quantitative estimate of drug-likeness (QED) is 0.774. The van der Waals surface area contributed by atoms with Gasteiger partial charge in [-0.05, 0) is 43.9 Å². The van der Waals surface area contributed by atoms with E-state index in [-0.39, 0.29) is 5.91 Å². The molecular formula is C19H21Cl2N3O. The Labute approximate surface area is 158 Å². The van der Waals surface area contributed by atoms with Gasteiger partial charge in [-0.3, -0.25) is 9.78 Å². The van der Waals surface area contributed by atoms with Gasteiger partial charge in [0.25, 0.3) is 5.91 Å². The number of hydrogen-bond donors (Lipinski definition) is 1. The fourth-order valence-corrected chi connectivity index (χ4v) is 3.62. The van der Waals surface area contributed by atoms with Crippen molar-refractivity contribution in [1.82, 2.24) is 4.98 Å². The van der Waals surface area contributed by atoms with E-state index in [1.807, 2.05) is 12.3 Å². The van der Waals surface area contributed by atoms with E-state index in [1.54, 1.807) is 24.4 Å². The molecule has 6 heteroatoms. The lowest BCUT2D eigenvalue weighted by molar-refractivity contribution is 0.102. The summed E-state index contributed by atoms with van der Waals surface area (Å²) >= 11 is 12.1. The van der Waals surface area contributed by atoms with Crippen LogP contribution in [0.5, 0.6) is 0 Å². The van der Waals surface area contributed by atoms with E-state index in [4.69, 9.17) is 23.2 Å². The van der Waals surface area contributed by atoms with E-state index in [0.717, 1.165) is 18.7 Å². The number of rotatable bonds is 4. The number of nitrogens with zero attached hydrogens (tertiary/aromatic N) is 2. The van der Waals surface area contributed by atoms with Crippen molar-refractivity contribution in [3.05, 3.63) is 52.3 Å². The van der Waals surface area contributed by atoms with Gasteiger partial charge in [-0.1, -0.05) is 36.2 Å². The molecule has 0 saturated carbocycles. The Kier molecular flexibility index (Phi) is 5.82. The number of anilines is 2. The van der Waals surface area contributed by atoms with Crippen molar-refractivity contribution in [3.63, 3.8) is 0 Å². The third kappa shape index (κ3) is 4.07. The fraction of sp³-hybridized carbons (Fsp3) is 0.368. The molecule has 1 aromatic heterocycles. The van der Waals surface area contributed by atoms with Gasteiger partial charge in [0, 0.05) is 18.8 Å². The molecule has 0 aliphatic carbocycles. The van der Waals surface area contributed by atoms with Crippen molar-refractivity contribution < 1.29 is 4.79 Å². The molecule has 0 radical (unpaired) electrons. The van der Waals surface area contributed by atoms with E-state index in [9.17, 15) is 4.79 Å². The SMILES string of the molecule is CCC1CCCCN1c1cncc(C(=O)Nc2cccc(Cl)c2Cl)c1. The molecule has 0 spiro atoms. The number of piperidine rings is 1. The number of halogens is 2. The van der Waals surface area contributed by atoms with Crippen LogP contribution in [0.4, 0.5) is 11.4 Å². The summed E-state index contributed by atoms with van der Waals surface area (Å²) in [5.74, 6) is -0.247. The molecule has 2 aromatic rings. The minimum Gasteiger partial charge on any atom is -0.367 e. The van der Waals surface area contributed by atoms with Crippen molar-refractivity contribution >= 4 is 40.5 Å². The Morgan fingerprint density at radius 3 is 2.96 bits per heavy atom. The Balaban J connectivity index is 1.81. The molecule has 1 N–H and O–H groups in total. The van der Waals surface area contributed by atoms with Crippen molar-refractivity contribution in [2.45, 2.75) is 38.6 Å². The molecule has 1 unspecified atom stereocenters. The maximum atomic E-state index is 12.6. The lowest BCUT2D eigenvalue weighted by Crippen LogP contribution is -2.39. The molecule has 1 fully saturated rings. The van der Waals surface area contributed by atoms with Crippen molar-refractivity contribution in [2.24, 2.45) is 0 Å². The molecule has 4 nitrogen and oxygen atoms in total. The second-order valence-corrected chi connectivity index (χ2v) is 7.02. The first kappa shape index (κ1) is 18.0. The molecular weight excluding hydrogens is 357 g/mol. The van der Waals surface area contributed by atoms with Crippen LogP contribution in [-0.2, 0) is 0 Å². The molecule has 2 heterocycles. The first-order valence-electron chi connectivity index (χ1n) is 8.57. The summed E-state index contributed by atoms with van der Waals surface area (Å²) in [6, 6.07) is 7.56. The molecule has 1 aromatic carbocycles. The van der Waals surface area contributed by atoms with Gasteiger partial charge >= 0.3 is 0 Å². The topological polar surface area (TPSA) is 45.2 Å². The number of hydrogen-bond acceptors (Lipinski definition) is 3. The van der Waals surface area contributed by atoms with Gasteiger partial charge < -0.3 is 10.2 Å². The molecule has 1 saturated heterocycles. The van der Waals surface area contributed by atoms with E-state index in [2.05, 4.69) is 22.1 Å². The number of aromatic nitrogens is 1. The summed E-state index contributed by atoms with van der Waals surface area (Å²) < 4.78 is 0. The van der Waals surface area contributed by atoms with Gasteiger partial charge in [0.2, 0.25) is 0 Å². The minimum atomic E-state index is -0.247. The number of amides is 1. The average Bonchev–Trinajstić information content (AvgIpc) is 2.65. The first-order chi connectivity index (χ1) is 12.1. The second-order valence-electron chi connectivity index (χ2n) is 6.24. The maximum Gasteiger partial charge on any atom is 0.257 e. The third-order valence-electron chi connectivity index (χ3n) is 4.62. The highest BCUT2D eigenvalue weighted by Crippen LogP contribution is 2.30. The van der Waals surface area contributed by atoms with Crippen LogP contribution in [0.15, 0.2) is 36.7 Å². The van der Waals surface area contributed by atoms with Crippen LogP contribution in [0.25, 0.3) is 0 Å². The van der Waals surface area contributed by atoms with Crippen LogP contribution in [0.2, 0.25) is 10.0 Å². The zero-order valence-corrected chi connectivity index (χ0v) is 15.6. The summed E-state index contributed by atoms with van der Waals surface area (Å²) in [6.07, 6.45) is 8.11. The van der Waals surface area contributed by atoms with E-state index < -0.39 is 0 Å². The summed E-state index contributed by atoms with van der Waals surface area (Å²) in [4.78, 5) is 19.2. The van der Waals surface area contributed by atoms with Crippen LogP contribution in [0.1, 0.15) is 43.0 Å². The number of nitrogens with one attached hydrogen (secondary N) is 1. The van der Waals surface area contributed by atoms with E-state index in [0.29, 0.717) is 27.3 Å². The Morgan fingerprint density at radius 1 is 1.32 bits per heavy atom. The van der Waals surface area contributed by atoms with Crippen LogP contribution >= 0.6 is 23.2 Å². The Hall–Kier alpha value is -1.78. The molecule has 0 bridgehead atoms. The highest BCUT2D eigenvalue weighted by Gasteiger charge is 2.22. The van der Waals surface area contributed by atoms with E-state index >= 15 is 0 Å². The van der Waals surface area contributed by atoms with Crippen molar-refractivity contribution in [3.8, 4) is 0 Å². The van der Waals surface area contributed by atoms with Gasteiger partial charge in [0.1, 0.15) is 0 Å². The highest BCUT2D eigenvalue weighted by atomic mass is 35.5. The smallest absolute Gasteiger partial charge is 0.257 e. The number of carbonyl (C=O) groups excluding carboxylic acids is 1. The lowest BCUT2D eigenvalue weighted by atomic mass is 9.99. The highest BCUT2D eigenvalue weighted by molar-refractivity contribution is 6.44. The Morgan fingerprint density at radius 2 is 2.16 bits per heavy atom. The third-order valence-corrected chi connectivity index (χ3v) is 5.43. The molecule has 1 aliphatic rings. The van der Waals surface area contributed by atoms with Crippen LogP contribution < -0.4 is 10.2 Å². The summed E-state index contributed by atoms with van der Waals surface area (Å²) in [5, 5.41) is 3.55. The normalized spacial score (nSPS) is 17.4. The van der Waals surface area contributed by atoms with Crippen molar-refractivity contribution in [1.29, 1.82) is 0 Å². The monoisotopic (exact) mass is 377 g/mol. The summed E-state index contributed by atoms with van der Waals surface area (Å²) in [6.45, 7) is 3.21. The van der Waals surface area contributed by atoms with Crippen molar-refractivity contribution in [2.75, 3.05) is 16.8 Å². The van der Waals surface area contributed by atoms with Gasteiger partial charge in [-0.15, -0.1) is 0 Å². The maximum absolute atomic E-state index is 12.6. The predicted molar refractivity (Wildman–Crippen MR) is 104 cm³/mol. The number of carbonyl (C=O) groups is 1. The van der Waals surface area contributed by atoms with Gasteiger partial charge in [-0.25, -0.2) is 0 Å². The summed E-state index contributed by atoms with van der Waals surface area (Å²) in [5.41, 5.74) is 2.00. The van der Waals surface area contributed by atoms with Crippen LogP contribution in [0.3, 0.4) is 0 Å². The Bertz CT molecular complexity index is 766. The zero-order chi connectivity index (χ0) is 17.8. The molecule has 1 atom stereocenters. The largest absolute Gasteiger partial charge is 0.367 e. The summed E-state index contributed by atoms with van der Waals surface area (Å²) in [7, 11) is 0. The molecule has 1 aliphatic heterocycles. The minimum absolute atomic E-state index is 0.247. The van der Waals surface area contributed by atoms with Gasteiger partial charge in [0.05, 0.1) is 33.2 Å². The zero-order valence-electron chi connectivity index (χ0n) is 14.1. The number of pyridine rings is 1. The second kappa shape index (κ2) is 8.07. The molecule has 25 heavy (non-hydrogen) atoms. The standard InChI is InChI=1S/C19H21Cl2N3O/c1-2-14-6-3-4-9-24(14)15-10-13(11-22-12-15)19(25)23-17-8-5-7-16(20)18(17)21/h5,7-8,10-12,14H,2-4,6,9H2,1H3,(H,23,25). The van der Waals surface area contributed by atoms with Crippen LogP contribution in [0, 0.1) is 0 Å². The lowest BCUT2D eigenvalue weighted by Gasteiger charge is -2.37. The molecule has 3 rings (SSSR count).